The number of nitro groups is 1. The van der Waals surface area contributed by atoms with Crippen LogP contribution < -0.4 is 5.73 Å². The van der Waals surface area contributed by atoms with Crippen LogP contribution in [-0.4, -0.2) is 35.4 Å². The molecule has 0 saturated carbocycles. The van der Waals surface area contributed by atoms with Crippen molar-refractivity contribution in [1.29, 1.82) is 0 Å². The highest BCUT2D eigenvalue weighted by Gasteiger charge is 2.25. The molecule has 0 bridgehead atoms. The number of amides is 1. The molecule has 114 valence electrons. The first-order valence-corrected chi connectivity index (χ1v) is 6.96. The van der Waals surface area contributed by atoms with Gasteiger partial charge in [-0.05, 0) is 37.8 Å². The monoisotopic (exact) mass is 295 g/mol. The smallest absolute Gasteiger partial charge is 0.272 e. The van der Waals surface area contributed by atoms with E-state index in [9.17, 15) is 19.3 Å². The lowest BCUT2D eigenvalue weighted by Gasteiger charge is -2.32. The first kappa shape index (κ1) is 15.4. The molecular formula is C14H18FN3O3. The summed E-state index contributed by atoms with van der Waals surface area (Å²) in [5.74, 6) is -0.743. The molecule has 2 N–H and O–H groups in total. The molecule has 1 aliphatic heterocycles. The van der Waals surface area contributed by atoms with Gasteiger partial charge in [0, 0.05) is 19.2 Å². The van der Waals surface area contributed by atoms with E-state index in [2.05, 4.69) is 0 Å². The fourth-order valence-electron chi connectivity index (χ4n) is 2.62. The minimum Gasteiger partial charge on any atom is -0.339 e. The Labute approximate surface area is 121 Å². The molecule has 0 radical (unpaired) electrons. The van der Waals surface area contributed by atoms with Gasteiger partial charge < -0.3 is 10.6 Å². The number of carbonyl (C=O) groups is 1. The molecule has 0 unspecified atom stereocenters. The van der Waals surface area contributed by atoms with Gasteiger partial charge in [-0.3, -0.25) is 14.9 Å². The van der Waals surface area contributed by atoms with E-state index in [1.165, 1.54) is 6.07 Å². The summed E-state index contributed by atoms with van der Waals surface area (Å²) in [6.07, 6.45) is 2.66. The zero-order valence-corrected chi connectivity index (χ0v) is 11.6. The third-order valence-electron chi connectivity index (χ3n) is 3.87. The predicted molar refractivity (Wildman–Crippen MR) is 75.4 cm³/mol. The maximum absolute atomic E-state index is 13.8. The highest BCUT2D eigenvalue weighted by atomic mass is 19.1. The molecule has 1 fully saturated rings. The number of hydrogen-bond donors (Lipinski definition) is 1. The molecule has 0 aliphatic carbocycles. The molecule has 1 heterocycles. The summed E-state index contributed by atoms with van der Waals surface area (Å²) >= 11 is 0. The van der Waals surface area contributed by atoms with Crippen LogP contribution in [0, 0.1) is 21.8 Å². The Morgan fingerprint density at radius 3 is 2.62 bits per heavy atom. The van der Waals surface area contributed by atoms with Gasteiger partial charge in [-0.15, -0.1) is 0 Å². The molecule has 6 nitrogen and oxygen atoms in total. The lowest BCUT2D eigenvalue weighted by molar-refractivity contribution is -0.385. The van der Waals surface area contributed by atoms with E-state index in [4.69, 9.17) is 5.73 Å². The number of carbonyl (C=O) groups excluding carboxylic acids is 1. The molecule has 0 atom stereocenters. The summed E-state index contributed by atoms with van der Waals surface area (Å²) in [4.78, 5) is 23.7. The predicted octanol–water partition coefficient (Wildman–Crippen LogP) is 1.93. The summed E-state index contributed by atoms with van der Waals surface area (Å²) in [5.41, 5.74) is 5.05. The summed E-state index contributed by atoms with van der Waals surface area (Å²) in [6.45, 7) is 1.77. The molecule has 0 spiro atoms. The second-order valence-corrected chi connectivity index (χ2v) is 5.23. The third-order valence-corrected chi connectivity index (χ3v) is 3.87. The SMILES string of the molecule is NCCC1CCN(C(=O)c2ccc([N+](=O)[O-])cc2F)CC1. The van der Waals surface area contributed by atoms with Crippen molar-refractivity contribution in [2.45, 2.75) is 19.3 Å². The second-order valence-electron chi connectivity index (χ2n) is 5.23. The lowest BCUT2D eigenvalue weighted by Crippen LogP contribution is -2.39. The maximum atomic E-state index is 13.8. The Morgan fingerprint density at radius 1 is 1.43 bits per heavy atom. The van der Waals surface area contributed by atoms with Crippen molar-refractivity contribution < 1.29 is 14.1 Å². The van der Waals surface area contributed by atoms with Gasteiger partial charge in [0.1, 0.15) is 5.82 Å². The zero-order chi connectivity index (χ0) is 15.4. The molecule has 1 aromatic carbocycles. The number of nitrogens with zero attached hydrogens (tertiary/aromatic N) is 2. The molecule has 1 saturated heterocycles. The van der Waals surface area contributed by atoms with Crippen molar-refractivity contribution in [3.8, 4) is 0 Å². The Hall–Kier alpha value is -2.02. The van der Waals surface area contributed by atoms with Gasteiger partial charge >= 0.3 is 0 Å². The van der Waals surface area contributed by atoms with Crippen molar-refractivity contribution in [3.05, 3.63) is 39.7 Å². The van der Waals surface area contributed by atoms with Gasteiger partial charge in [0.2, 0.25) is 0 Å². The van der Waals surface area contributed by atoms with E-state index in [0.29, 0.717) is 25.6 Å². The van der Waals surface area contributed by atoms with Gasteiger partial charge in [-0.2, -0.15) is 0 Å². The summed E-state index contributed by atoms with van der Waals surface area (Å²) < 4.78 is 13.8. The number of nitro benzene ring substituents is 1. The van der Waals surface area contributed by atoms with Crippen molar-refractivity contribution in [1.82, 2.24) is 4.90 Å². The van der Waals surface area contributed by atoms with Gasteiger partial charge in [-0.25, -0.2) is 4.39 Å². The van der Waals surface area contributed by atoms with Gasteiger partial charge in [0.05, 0.1) is 16.6 Å². The van der Waals surface area contributed by atoms with Crippen LogP contribution in [0.1, 0.15) is 29.6 Å². The molecular weight excluding hydrogens is 277 g/mol. The number of halogens is 1. The summed E-state index contributed by atoms with van der Waals surface area (Å²) in [6, 6.07) is 3.12. The standard InChI is InChI=1S/C14H18FN3O3/c15-13-9-11(18(20)21)1-2-12(13)14(19)17-7-4-10(3-6-16)5-8-17/h1-2,9-10H,3-8,16H2. The highest BCUT2D eigenvalue weighted by Crippen LogP contribution is 2.23. The topological polar surface area (TPSA) is 89.5 Å². The number of likely N-dealkylation sites (tertiary alicyclic amines) is 1. The van der Waals surface area contributed by atoms with E-state index in [-0.39, 0.29) is 11.3 Å². The zero-order valence-electron chi connectivity index (χ0n) is 11.6. The minimum atomic E-state index is -0.849. The van der Waals surface area contributed by atoms with E-state index >= 15 is 0 Å². The number of benzene rings is 1. The normalized spacial score (nSPS) is 16.0. The second kappa shape index (κ2) is 6.62. The van der Waals surface area contributed by atoms with E-state index < -0.39 is 16.6 Å². The largest absolute Gasteiger partial charge is 0.339 e. The Morgan fingerprint density at radius 2 is 2.10 bits per heavy atom. The van der Waals surface area contributed by atoms with Crippen molar-refractivity contribution in [2.75, 3.05) is 19.6 Å². The Balaban J connectivity index is 2.06. The fraction of sp³-hybridized carbons (Fsp3) is 0.500. The van der Waals surface area contributed by atoms with Gasteiger partial charge in [0.25, 0.3) is 11.6 Å². The number of non-ortho nitro benzene ring substituents is 1. The van der Waals surface area contributed by atoms with Gasteiger partial charge in [-0.1, -0.05) is 0 Å². The first-order valence-electron chi connectivity index (χ1n) is 6.96. The number of piperidine rings is 1. The van der Waals surface area contributed by atoms with Crippen molar-refractivity contribution in [3.63, 3.8) is 0 Å². The fourth-order valence-corrected chi connectivity index (χ4v) is 2.62. The molecule has 1 amide bonds. The Kier molecular flexibility index (Phi) is 4.85. The average molecular weight is 295 g/mol. The van der Waals surface area contributed by atoms with Crippen LogP contribution in [-0.2, 0) is 0 Å². The maximum Gasteiger partial charge on any atom is 0.272 e. The van der Waals surface area contributed by atoms with E-state index in [1.54, 1.807) is 4.90 Å². The van der Waals surface area contributed by atoms with E-state index in [1.807, 2.05) is 0 Å². The summed E-state index contributed by atoms with van der Waals surface area (Å²) in [7, 11) is 0. The van der Waals surface area contributed by atoms with E-state index in [0.717, 1.165) is 31.4 Å². The quantitative estimate of drug-likeness (QED) is 0.679. The van der Waals surface area contributed by atoms with Crippen molar-refractivity contribution >= 4 is 11.6 Å². The third kappa shape index (κ3) is 3.55. The van der Waals surface area contributed by atoms with Crippen LogP contribution >= 0.6 is 0 Å². The van der Waals surface area contributed by atoms with Gasteiger partial charge in [0.15, 0.2) is 0 Å². The highest BCUT2D eigenvalue weighted by molar-refractivity contribution is 5.94. The summed E-state index contributed by atoms with van der Waals surface area (Å²) in [5, 5.41) is 10.6. The van der Waals surface area contributed by atoms with Crippen LogP contribution in [0.5, 0.6) is 0 Å². The first-order chi connectivity index (χ1) is 10.0. The molecule has 2 rings (SSSR count). The number of hydrogen-bond acceptors (Lipinski definition) is 4. The van der Waals surface area contributed by atoms with Crippen LogP contribution in [0.4, 0.5) is 10.1 Å². The van der Waals surface area contributed by atoms with Crippen LogP contribution in [0.3, 0.4) is 0 Å². The van der Waals surface area contributed by atoms with Crippen LogP contribution in [0.15, 0.2) is 18.2 Å². The molecule has 1 aromatic rings. The average Bonchev–Trinajstić information content (AvgIpc) is 2.47. The van der Waals surface area contributed by atoms with Crippen LogP contribution in [0.2, 0.25) is 0 Å². The molecule has 0 aromatic heterocycles. The Bertz CT molecular complexity index is 542. The molecule has 1 aliphatic rings. The lowest BCUT2D eigenvalue weighted by atomic mass is 9.93. The van der Waals surface area contributed by atoms with Crippen LogP contribution in [0.25, 0.3) is 0 Å². The number of nitrogens with two attached hydrogens (primary N) is 1. The number of rotatable bonds is 4. The minimum absolute atomic E-state index is 0.113. The molecule has 7 heteroatoms. The van der Waals surface area contributed by atoms with Crippen molar-refractivity contribution in [2.24, 2.45) is 11.7 Å². The molecule has 21 heavy (non-hydrogen) atoms.